The quantitative estimate of drug-likeness (QED) is 0.864. The molecule has 1 saturated heterocycles. The lowest BCUT2D eigenvalue weighted by Gasteiger charge is -2.45. The van der Waals surface area contributed by atoms with Crippen LogP contribution in [0.4, 0.5) is 4.39 Å². The maximum atomic E-state index is 14.4. The molecule has 3 atom stereocenters. The molecule has 0 bridgehead atoms. The maximum Gasteiger partial charge on any atom is 0.154 e. The molecule has 2 heterocycles. The number of ether oxygens (including phenoxy) is 1. The van der Waals surface area contributed by atoms with Crippen molar-refractivity contribution in [3.05, 3.63) is 35.1 Å². The van der Waals surface area contributed by atoms with E-state index < -0.39 is 5.54 Å². The van der Waals surface area contributed by atoms with Crippen LogP contribution in [-0.4, -0.2) is 23.6 Å². The molecule has 0 amide bonds. The molecule has 0 spiro atoms. The highest BCUT2D eigenvalue weighted by Crippen LogP contribution is 2.46. The summed E-state index contributed by atoms with van der Waals surface area (Å²) in [7, 11) is 0. The molecule has 2 aliphatic heterocycles. The van der Waals surface area contributed by atoms with Crippen LogP contribution in [0.25, 0.3) is 0 Å². The van der Waals surface area contributed by atoms with E-state index in [1.54, 1.807) is 6.07 Å². The van der Waals surface area contributed by atoms with Crippen molar-refractivity contribution in [2.45, 2.75) is 25.0 Å². The molecule has 0 aromatic heterocycles. The molecule has 1 aromatic carbocycles. The monoisotopic (exact) mass is 305 g/mol. The van der Waals surface area contributed by atoms with Crippen LogP contribution < -0.4 is 5.73 Å². The van der Waals surface area contributed by atoms with Gasteiger partial charge in [-0.1, -0.05) is 11.8 Å². The van der Waals surface area contributed by atoms with E-state index in [4.69, 9.17) is 15.7 Å². The Morgan fingerprint density at radius 2 is 2.38 bits per heavy atom. The number of fused-ring (bicyclic) bond motifs is 1. The van der Waals surface area contributed by atoms with Gasteiger partial charge in [0.25, 0.3) is 0 Å². The molecule has 0 aliphatic carbocycles. The fourth-order valence-corrected chi connectivity index (χ4v) is 4.09. The largest absolute Gasteiger partial charge is 0.379 e. The Kier molecular flexibility index (Phi) is 3.64. The van der Waals surface area contributed by atoms with Gasteiger partial charge >= 0.3 is 0 Å². The summed E-state index contributed by atoms with van der Waals surface area (Å²) in [6, 6.07) is 6.43. The van der Waals surface area contributed by atoms with Gasteiger partial charge in [0, 0.05) is 17.2 Å². The van der Waals surface area contributed by atoms with Gasteiger partial charge in [-0.2, -0.15) is 5.26 Å². The number of aliphatic imine (C=N–C) groups is 1. The Labute approximate surface area is 127 Å². The first-order valence-electron chi connectivity index (χ1n) is 6.85. The van der Waals surface area contributed by atoms with E-state index >= 15 is 0 Å². The van der Waals surface area contributed by atoms with Gasteiger partial charge in [0.15, 0.2) is 5.17 Å². The minimum atomic E-state index is -0.807. The smallest absolute Gasteiger partial charge is 0.154 e. The first kappa shape index (κ1) is 14.4. The van der Waals surface area contributed by atoms with Crippen molar-refractivity contribution in [2.24, 2.45) is 16.6 Å². The normalized spacial score (nSPS) is 32.0. The number of hydrogen-bond donors (Lipinski definition) is 1. The number of nitriles is 1. The average Bonchev–Trinajstić information content (AvgIpc) is 2.48. The molecule has 4 nitrogen and oxygen atoms in total. The van der Waals surface area contributed by atoms with Gasteiger partial charge < -0.3 is 10.5 Å². The zero-order valence-corrected chi connectivity index (χ0v) is 12.5. The van der Waals surface area contributed by atoms with Gasteiger partial charge in [-0.15, -0.1) is 0 Å². The summed E-state index contributed by atoms with van der Waals surface area (Å²) in [4.78, 5) is 4.56. The van der Waals surface area contributed by atoms with Crippen LogP contribution in [0, 0.1) is 23.1 Å². The number of rotatable bonds is 1. The third-order valence-corrected chi connectivity index (χ3v) is 5.14. The predicted molar refractivity (Wildman–Crippen MR) is 80.4 cm³/mol. The van der Waals surface area contributed by atoms with Crippen molar-refractivity contribution in [1.82, 2.24) is 0 Å². The number of nitrogens with zero attached hydrogens (tertiary/aromatic N) is 2. The SMILES string of the molecule is C[C@H]1C[C@H]2CSC(N)=NC2(c2cc(C#N)ccc2F)CO1. The summed E-state index contributed by atoms with van der Waals surface area (Å²) in [6.45, 7) is 2.31. The van der Waals surface area contributed by atoms with Crippen LogP contribution in [0.3, 0.4) is 0 Å². The molecule has 0 saturated carbocycles. The molecule has 1 unspecified atom stereocenters. The number of nitrogens with two attached hydrogens (primary N) is 1. The lowest BCUT2D eigenvalue weighted by atomic mass is 9.75. The zero-order valence-electron chi connectivity index (χ0n) is 11.7. The molecule has 3 rings (SSSR count). The lowest BCUT2D eigenvalue weighted by molar-refractivity contribution is -0.0477. The van der Waals surface area contributed by atoms with Crippen LogP contribution in [0.2, 0.25) is 0 Å². The highest BCUT2D eigenvalue weighted by atomic mass is 32.2. The number of thioether (sulfide) groups is 1. The van der Waals surface area contributed by atoms with Crippen LogP contribution in [0.15, 0.2) is 23.2 Å². The molecule has 1 aromatic rings. The third kappa shape index (κ3) is 2.41. The molecular formula is C15H16FN3OS. The summed E-state index contributed by atoms with van der Waals surface area (Å²) in [5.74, 6) is 0.585. The second kappa shape index (κ2) is 5.32. The lowest BCUT2D eigenvalue weighted by Crippen LogP contribution is -2.50. The Hall–Kier alpha value is -1.58. The Bertz CT molecular complexity index is 642. The van der Waals surface area contributed by atoms with Crippen LogP contribution in [0.5, 0.6) is 0 Å². The van der Waals surface area contributed by atoms with Gasteiger partial charge in [0.05, 0.1) is 24.3 Å². The summed E-state index contributed by atoms with van der Waals surface area (Å²) in [6.07, 6.45) is 0.931. The van der Waals surface area contributed by atoms with Crippen LogP contribution >= 0.6 is 11.8 Å². The molecule has 21 heavy (non-hydrogen) atoms. The van der Waals surface area contributed by atoms with E-state index in [0.29, 0.717) is 22.9 Å². The minimum absolute atomic E-state index is 0.125. The summed E-state index contributed by atoms with van der Waals surface area (Å²) in [5, 5.41) is 9.52. The van der Waals surface area contributed by atoms with Gasteiger partial charge in [0.2, 0.25) is 0 Å². The topological polar surface area (TPSA) is 71.4 Å². The first-order valence-corrected chi connectivity index (χ1v) is 7.83. The maximum absolute atomic E-state index is 14.4. The molecule has 0 radical (unpaired) electrons. The predicted octanol–water partition coefficient (Wildman–Crippen LogP) is 2.38. The Morgan fingerprint density at radius 1 is 1.57 bits per heavy atom. The van der Waals surface area contributed by atoms with E-state index in [9.17, 15) is 4.39 Å². The minimum Gasteiger partial charge on any atom is -0.379 e. The zero-order chi connectivity index (χ0) is 15.0. The van der Waals surface area contributed by atoms with Crippen molar-refractivity contribution < 1.29 is 9.13 Å². The Morgan fingerprint density at radius 3 is 3.14 bits per heavy atom. The third-order valence-electron chi connectivity index (χ3n) is 4.18. The fourth-order valence-electron chi connectivity index (χ4n) is 3.08. The van der Waals surface area contributed by atoms with Gasteiger partial charge in [0.1, 0.15) is 11.4 Å². The van der Waals surface area contributed by atoms with Crippen molar-refractivity contribution in [3.63, 3.8) is 0 Å². The Balaban J connectivity index is 2.15. The second-order valence-electron chi connectivity index (χ2n) is 5.55. The summed E-state index contributed by atoms with van der Waals surface area (Å²) < 4.78 is 20.2. The van der Waals surface area contributed by atoms with E-state index in [-0.39, 0.29) is 17.8 Å². The standard InChI is InChI=1S/C15H16FN3OS/c1-9-4-11-7-21-14(18)19-15(11,8-20-9)12-5-10(6-17)2-3-13(12)16/h2-3,5,9,11H,4,7-8H2,1H3,(H2,18,19)/t9-,11-,15?/m0/s1. The van der Waals surface area contributed by atoms with E-state index in [1.807, 2.05) is 6.92 Å². The van der Waals surface area contributed by atoms with Gasteiger partial charge in [-0.3, -0.25) is 0 Å². The van der Waals surface area contributed by atoms with E-state index in [2.05, 4.69) is 11.1 Å². The highest BCUT2D eigenvalue weighted by molar-refractivity contribution is 8.13. The number of hydrogen-bond acceptors (Lipinski definition) is 5. The van der Waals surface area contributed by atoms with Gasteiger partial charge in [-0.05, 0) is 31.5 Å². The summed E-state index contributed by atoms with van der Waals surface area (Å²) >= 11 is 1.50. The molecule has 110 valence electrons. The van der Waals surface area contributed by atoms with Gasteiger partial charge in [-0.25, -0.2) is 9.38 Å². The van der Waals surface area contributed by atoms with Crippen molar-refractivity contribution in [1.29, 1.82) is 5.26 Å². The van der Waals surface area contributed by atoms with E-state index in [0.717, 1.165) is 12.2 Å². The second-order valence-corrected chi connectivity index (χ2v) is 6.59. The molecule has 6 heteroatoms. The van der Waals surface area contributed by atoms with E-state index in [1.165, 1.54) is 23.9 Å². The van der Waals surface area contributed by atoms with Crippen molar-refractivity contribution in [2.75, 3.05) is 12.4 Å². The number of amidine groups is 1. The molecule has 2 aliphatic rings. The fraction of sp³-hybridized carbons (Fsp3) is 0.467. The van der Waals surface area contributed by atoms with Crippen LogP contribution in [-0.2, 0) is 10.3 Å². The first-order chi connectivity index (χ1) is 10.0. The molecule has 2 N–H and O–H groups in total. The van der Waals surface area contributed by atoms with Crippen molar-refractivity contribution in [3.8, 4) is 6.07 Å². The summed E-state index contributed by atoms with van der Waals surface area (Å²) in [5.41, 5.74) is 5.92. The van der Waals surface area contributed by atoms with Crippen LogP contribution in [0.1, 0.15) is 24.5 Å². The number of halogens is 1. The molecule has 1 fully saturated rings. The van der Waals surface area contributed by atoms with Crippen molar-refractivity contribution >= 4 is 16.9 Å². The highest BCUT2D eigenvalue weighted by Gasteiger charge is 2.48. The molecular weight excluding hydrogens is 289 g/mol. The average molecular weight is 305 g/mol. The number of benzene rings is 1.